The van der Waals surface area contributed by atoms with Crippen molar-refractivity contribution in [2.24, 2.45) is 11.7 Å². The summed E-state index contributed by atoms with van der Waals surface area (Å²) < 4.78 is 5.56. The van der Waals surface area contributed by atoms with Crippen LogP contribution < -0.4 is 5.73 Å². The van der Waals surface area contributed by atoms with Crippen molar-refractivity contribution in [2.75, 3.05) is 13.1 Å². The number of carbonyl (C=O) groups is 1. The monoisotopic (exact) mass is 264 g/mol. The lowest BCUT2D eigenvalue weighted by Gasteiger charge is -2.38. The normalized spacial score (nSPS) is 23.6. The Kier molecular flexibility index (Phi) is 4.64. The Hall–Kier alpha value is -1.29. The van der Waals surface area contributed by atoms with E-state index >= 15 is 0 Å². The second kappa shape index (κ2) is 6.24. The van der Waals surface area contributed by atoms with Gasteiger partial charge in [-0.3, -0.25) is 4.79 Å². The van der Waals surface area contributed by atoms with E-state index in [0.29, 0.717) is 18.2 Å². The van der Waals surface area contributed by atoms with Gasteiger partial charge in [-0.2, -0.15) is 0 Å². The third-order valence-electron chi connectivity index (χ3n) is 4.16. The number of carbonyl (C=O) groups excluding carboxylic acids is 1. The fourth-order valence-corrected chi connectivity index (χ4v) is 2.82. The van der Waals surface area contributed by atoms with Gasteiger partial charge in [0.15, 0.2) is 5.76 Å². The lowest BCUT2D eigenvalue weighted by molar-refractivity contribution is 0.0525. The standard InChI is InChI=1S/C15H24N2O2/c1-3-11-7-8-17(12(9-11)10-16)15(18)14-6-5-13(4-2)19-14/h5-6,11-12H,3-4,7-10,16H2,1-2H3. The van der Waals surface area contributed by atoms with E-state index in [1.165, 1.54) is 6.42 Å². The van der Waals surface area contributed by atoms with Crippen LogP contribution in [0.5, 0.6) is 0 Å². The smallest absolute Gasteiger partial charge is 0.289 e. The van der Waals surface area contributed by atoms with E-state index in [1.807, 2.05) is 17.9 Å². The zero-order valence-electron chi connectivity index (χ0n) is 11.9. The number of nitrogens with two attached hydrogens (primary N) is 1. The van der Waals surface area contributed by atoms with Gasteiger partial charge in [0.05, 0.1) is 0 Å². The van der Waals surface area contributed by atoms with Gasteiger partial charge in [0.1, 0.15) is 5.76 Å². The van der Waals surface area contributed by atoms with Crippen LogP contribution in [0.2, 0.25) is 0 Å². The minimum absolute atomic E-state index is 0.00953. The molecule has 106 valence electrons. The second-order valence-corrected chi connectivity index (χ2v) is 5.31. The molecule has 19 heavy (non-hydrogen) atoms. The average molecular weight is 264 g/mol. The molecule has 2 heterocycles. The summed E-state index contributed by atoms with van der Waals surface area (Å²) >= 11 is 0. The van der Waals surface area contributed by atoms with Crippen LogP contribution in [0.1, 0.15) is 49.4 Å². The first-order chi connectivity index (χ1) is 9.19. The Morgan fingerprint density at radius 2 is 2.26 bits per heavy atom. The Bertz CT molecular complexity index is 428. The Morgan fingerprint density at radius 1 is 1.47 bits per heavy atom. The largest absolute Gasteiger partial charge is 0.456 e. The number of furan rings is 1. The molecular formula is C15H24N2O2. The van der Waals surface area contributed by atoms with E-state index in [4.69, 9.17) is 10.2 Å². The number of hydrogen-bond acceptors (Lipinski definition) is 3. The lowest BCUT2D eigenvalue weighted by atomic mass is 9.89. The molecule has 0 aliphatic carbocycles. The SMILES string of the molecule is CCc1ccc(C(=O)N2CCC(CC)CC2CN)o1. The molecule has 0 spiro atoms. The van der Waals surface area contributed by atoms with Gasteiger partial charge in [0.25, 0.3) is 5.91 Å². The Morgan fingerprint density at radius 3 is 2.84 bits per heavy atom. The first kappa shape index (κ1) is 14.1. The highest BCUT2D eigenvalue weighted by Gasteiger charge is 2.31. The number of piperidine rings is 1. The molecule has 1 aromatic rings. The van der Waals surface area contributed by atoms with Crippen molar-refractivity contribution in [3.05, 3.63) is 23.7 Å². The summed E-state index contributed by atoms with van der Waals surface area (Å²) in [4.78, 5) is 14.4. The van der Waals surface area contributed by atoms with Crippen LogP contribution >= 0.6 is 0 Å². The summed E-state index contributed by atoms with van der Waals surface area (Å²) in [5.41, 5.74) is 5.83. The van der Waals surface area contributed by atoms with Crippen LogP contribution in [0.15, 0.2) is 16.5 Å². The lowest BCUT2D eigenvalue weighted by Crippen LogP contribution is -2.49. The van der Waals surface area contributed by atoms with Gasteiger partial charge >= 0.3 is 0 Å². The van der Waals surface area contributed by atoms with Crippen molar-refractivity contribution in [3.63, 3.8) is 0 Å². The maximum atomic E-state index is 12.5. The molecule has 2 unspecified atom stereocenters. The summed E-state index contributed by atoms with van der Waals surface area (Å²) in [5.74, 6) is 1.99. The molecule has 0 bridgehead atoms. The highest BCUT2D eigenvalue weighted by atomic mass is 16.4. The van der Waals surface area contributed by atoms with Crippen LogP contribution in [0, 0.1) is 5.92 Å². The third-order valence-corrected chi connectivity index (χ3v) is 4.16. The predicted octanol–water partition coefficient (Wildman–Crippen LogP) is 2.43. The van der Waals surface area contributed by atoms with Gasteiger partial charge in [-0.25, -0.2) is 0 Å². The summed E-state index contributed by atoms with van der Waals surface area (Å²) in [6, 6.07) is 3.81. The van der Waals surface area contributed by atoms with Gasteiger partial charge in [-0.1, -0.05) is 20.3 Å². The molecule has 4 nitrogen and oxygen atoms in total. The Labute approximate surface area is 114 Å². The molecule has 2 atom stereocenters. The van der Waals surface area contributed by atoms with E-state index in [9.17, 15) is 4.79 Å². The summed E-state index contributed by atoms with van der Waals surface area (Å²) in [6.07, 6.45) is 4.06. The molecule has 0 aromatic carbocycles. The number of likely N-dealkylation sites (tertiary alicyclic amines) is 1. The molecule has 1 fully saturated rings. The molecule has 1 aromatic heterocycles. The van der Waals surface area contributed by atoms with Crippen LogP contribution in [-0.2, 0) is 6.42 Å². The van der Waals surface area contributed by atoms with Crippen molar-refractivity contribution >= 4 is 5.91 Å². The third kappa shape index (κ3) is 3.00. The summed E-state index contributed by atoms with van der Waals surface area (Å²) in [6.45, 7) is 5.54. The predicted molar refractivity (Wildman–Crippen MR) is 75.0 cm³/mol. The average Bonchev–Trinajstić information content (AvgIpc) is 2.94. The van der Waals surface area contributed by atoms with Crippen LogP contribution in [0.4, 0.5) is 0 Å². The van der Waals surface area contributed by atoms with Crippen molar-refractivity contribution in [2.45, 2.75) is 45.6 Å². The van der Waals surface area contributed by atoms with Gasteiger partial charge < -0.3 is 15.1 Å². The number of aryl methyl sites for hydroxylation is 1. The van der Waals surface area contributed by atoms with Crippen LogP contribution in [0.25, 0.3) is 0 Å². The van der Waals surface area contributed by atoms with Gasteiger partial charge in [-0.15, -0.1) is 0 Å². The van der Waals surface area contributed by atoms with Crippen molar-refractivity contribution in [1.82, 2.24) is 4.90 Å². The van der Waals surface area contributed by atoms with E-state index in [1.54, 1.807) is 6.07 Å². The van der Waals surface area contributed by atoms with Crippen molar-refractivity contribution in [3.8, 4) is 0 Å². The molecule has 0 radical (unpaired) electrons. The van der Waals surface area contributed by atoms with Gasteiger partial charge in [-0.05, 0) is 30.9 Å². The molecule has 1 amide bonds. The first-order valence-electron chi connectivity index (χ1n) is 7.29. The fourth-order valence-electron chi connectivity index (χ4n) is 2.82. The van der Waals surface area contributed by atoms with Crippen molar-refractivity contribution in [1.29, 1.82) is 0 Å². The van der Waals surface area contributed by atoms with Gasteiger partial charge in [0, 0.05) is 25.6 Å². The number of amides is 1. The zero-order valence-corrected chi connectivity index (χ0v) is 11.9. The molecule has 1 aliphatic heterocycles. The molecule has 2 rings (SSSR count). The highest BCUT2D eigenvalue weighted by Crippen LogP contribution is 2.26. The molecule has 2 N–H and O–H groups in total. The van der Waals surface area contributed by atoms with E-state index in [0.717, 1.165) is 31.6 Å². The molecule has 0 saturated carbocycles. The van der Waals surface area contributed by atoms with Crippen LogP contribution in [0.3, 0.4) is 0 Å². The molecule has 1 saturated heterocycles. The zero-order chi connectivity index (χ0) is 13.8. The maximum absolute atomic E-state index is 12.5. The number of rotatable bonds is 4. The topological polar surface area (TPSA) is 59.5 Å². The second-order valence-electron chi connectivity index (χ2n) is 5.31. The minimum Gasteiger partial charge on any atom is -0.456 e. The van der Waals surface area contributed by atoms with E-state index in [2.05, 4.69) is 6.92 Å². The number of hydrogen-bond donors (Lipinski definition) is 1. The maximum Gasteiger partial charge on any atom is 0.289 e. The summed E-state index contributed by atoms with van der Waals surface area (Å²) in [5, 5.41) is 0. The Balaban J connectivity index is 2.09. The quantitative estimate of drug-likeness (QED) is 0.908. The van der Waals surface area contributed by atoms with E-state index < -0.39 is 0 Å². The fraction of sp³-hybridized carbons (Fsp3) is 0.667. The summed E-state index contributed by atoms with van der Waals surface area (Å²) in [7, 11) is 0. The van der Waals surface area contributed by atoms with Crippen molar-refractivity contribution < 1.29 is 9.21 Å². The molecule has 4 heteroatoms. The van der Waals surface area contributed by atoms with Crippen LogP contribution in [-0.4, -0.2) is 29.9 Å². The minimum atomic E-state index is -0.00953. The molecular weight excluding hydrogens is 240 g/mol. The molecule has 1 aliphatic rings. The number of nitrogens with zero attached hydrogens (tertiary/aromatic N) is 1. The highest BCUT2D eigenvalue weighted by molar-refractivity contribution is 5.91. The first-order valence-corrected chi connectivity index (χ1v) is 7.29. The van der Waals surface area contributed by atoms with E-state index in [-0.39, 0.29) is 11.9 Å². The van der Waals surface area contributed by atoms with Gasteiger partial charge in [0.2, 0.25) is 0 Å².